The first-order valence-electron chi connectivity index (χ1n) is 12.6. The molecule has 0 radical (unpaired) electrons. The summed E-state index contributed by atoms with van der Waals surface area (Å²) in [6, 6.07) is 13.0. The molecule has 2 heterocycles. The topological polar surface area (TPSA) is 186 Å². The summed E-state index contributed by atoms with van der Waals surface area (Å²) >= 11 is 0. The number of carbonyl (C=O) groups excluding carboxylic acids is 1. The van der Waals surface area contributed by atoms with Crippen molar-refractivity contribution in [3.63, 3.8) is 0 Å². The quantitative estimate of drug-likeness (QED) is 0.207. The fraction of sp³-hybridized carbons (Fsp3) is 0.462. The second kappa shape index (κ2) is 12.5. The molecule has 2 aromatic carbocycles. The number of carbonyl (C=O) groups is 2. The largest absolute Gasteiger partial charge is 1.00 e. The number of aliphatic carboxylic acids is 1. The summed E-state index contributed by atoms with van der Waals surface area (Å²) in [4.78, 5) is 47.1. The van der Waals surface area contributed by atoms with E-state index in [-0.39, 0.29) is 76.0 Å². The van der Waals surface area contributed by atoms with Crippen LogP contribution in [0.4, 0.5) is 22.7 Å². The van der Waals surface area contributed by atoms with E-state index in [4.69, 9.17) is 9.84 Å². The van der Waals surface area contributed by atoms with Gasteiger partial charge in [-0.25, -0.2) is 0 Å². The van der Waals surface area contributed by atoms with E-state index in [2.05, 4.69) is 9.80 Å². The van der Waals surface area contributed by atoms with E-state index in [0.717, 1.165) is 37.6 Å². The van der Waals surface area contributed by atoms with Gasteiger partial charge >= 0.3 is 41.5 Å². The summed E-state index contributed by atoms with van der Waals surface area (Å²) < 4.78 is 5.05. The number of esters is 1. The minimum atomic E-state index is -0.701. The molecule has 208 valence electrons. The Morgan fingerprint density at radius 1 is 0.800 bits per heavy atom. The van der Waals surface area contributed by atoms with Crippen LogP contribution in [-0.2, 0) is 14.3 Å². The van der Waals surface area contributed by atoms with Crippen molar-refractivity contribution < 1.29 is 64.3 Å². The summed E-state index contributed by atoms with van der Waals surface area (Å²) in [5, 5.41) is 30.1. The predicted octanol–water partition coefficient (Wildman–Crippen LogP) is 0.0289. The van der Waals surface area contributed by atoms with Crippen molar-refractivity contribution in [3.8, 4) is 0 Å². The third-order valence-electron chi connectivity index (χ3n) is 8.08. The molecular formula is C26H29N4NaO9. The van der Waals surface area contributed by atoms with Crippen molar-refractivity contribution in [1.82, 2.24) is 0 Å². The summed E-state index contributed by atoms with van der Waals surface area (Å²) in [6.45, 7) is 5.37. The van der Waals surface area contributed by atoms with Crippen molar-refractivity contribution in [1.29, 1.82) is 0 Å². The van der Waals surface area contributed by atoms with Crippen LogP contribution in [0.15, 0.2) is 48.5 Å². The molecule has 13 nitrogen and oxygen atoms in total. The van der Waals surface area contributed by atoms with E-state index in [9.17, 15) is 29.8 Å². The molecule has 2 saturated heterocycles. The Labute approximate surface area is 252 Å². The number of nitrogens with zero attached hydrogens (tertiary/aromatic N) is 4. The second-order valence-corrected chi connectivity index (χ2v) is 10.2. The van der Waals surface area contributed by atoms with Gasteiger partial charge in [0.05, 0.1) is 28.3 Å². The Morgan fingerprint density at radius 2 is 1.15 bits per heavy atom. The van der Waals surface area contributed by atoms with Crippen LogP contribution < -0.4 is 39.4 Å². The number of nitro benzene ring substituents is 2. The van der Waals surface area contributed by atoms with Crippen molar-refractivity contribution >= 4 is 34.7 Å². The number of piperidine rings is 2. The number of nitro groups is 2. The number of anilines is 2. The molecule has 0 spiro atoms. The first kappa shape index (κ1) is 31.3. The van der Waals surface area contributed by atoms with E-state index >= 15 is 0 Å². The van der Waals surface area contributed by atoms with E-state index in [1.54, 1.807) is 24.3 Å². The molecule has 2 aromatic rings. The number of fused-ring (bicyclic) bond motifs is 2. The van der Waals surface area contributed by atoms with Crippen molar-refractivity contribution in [3.05, 3.63) is 68.8 Å². The smallest absolute Gasteiger partial charge is 0.870 e. The number of non-ortho nitro benzene ring substituents is 2. The average molecular weight is 565 g/mol. The molecule has 0 amide bonds. The molecule has 2 aliphatic carbocycles. The first-order chi connectivity index (χ1) is 18.2. The Kier molecular flexibility index (Phi) is 9.77. The molecular weight excluding hydrogens is 535 g/mol. The second-order valence-electron chi connectivity index (χ2n) is 10.2. The van der Waals surface area contributed by atoms with Crippen LogP contribution in [0.1, 0.15) is 6.92 Å². The number of rotatable bonds is 7. The molecule has 2 N–H and O–H groups in total. The van der Waals surface area contributed by atoms with Gasteiger partial charge in [0.25, 0.3) is 11.4 Å². The SMILES string of the molecule is CCOC(=O)C1C2CN(c3ccc([N+](=O)[O-])cc3)CC21.O=C(O)C1C2CN(c3ccc([N+](=O)[O-])cc3)CC21.[Na+].[OH-]. The standard InChI is InChI=1S/C14H16N2O4.C12H12N2O4.Na.H2O/c1-2-20-14(17)13-11-7-15(8-12(11)13)9-3-5-10(6-4-9)16(18)19;15-12(16)11-9-5-13(6-10(9)11)7-1-3-8(4-2-7)14(17)18;;/h3-6,11-13H,2,7-8H2,1H3;1-4,9-11H,5-6H2,(H,15,16);;1H2/q;;+1;/p-1. The predicted molar refractivity (Wildman–Crippen MR) is 138 cm³/mol. The monoisotopic (exact) mass is 564 g/mol. The zero-order valence-corrected chi connectivity index (χ0v) is 24.2. The van der Waals surface area contributed by atoms with Gasteiger partial charge in [0.1, 0.15) is 0 Å². The van der Waals surface area contributed by atoms with Crippen LogP contribution in [0.2, 0.25) is 0 Å². The van der Waals surface area contributed by atoms with E-state index in [1.165, 1.54) is 24.3 Å². The molecule has 4 fully saturated rings. The molecule has 2 saturated carbocycles. The number of hydrogen-bond donors (Lipinski definition) is 1. The zero-order valence-electron chi connectivity index (χ0n) is 22.2. The van der Waals surface area contributed by atoms with Gasteiger partial charge in [-0.2, -0.15) is 0 Å². The molecule has 14 heteroatoms. The van der Waals surface area contributed by atoms with E-state index in [0.29, 0.717) is 18.4 Å². The first-order valence-corrected chi connectivity index (χ1v) is 12.6. The Bertz CT molecular complexity index is 1240. The van der Waals surface area contributed by atoms with Crippen LogP contribution in [0, 0.1) is 55.7 Å². The molecule has 6 rings (SSSR count). The molecule has 2 aliphatic heterocycles. The maximum Gasteiger partial charge on any atom is 1.00 e. The zero-order chi connectivity index (χ0) is 27.1. The third kappa shape index (κ3) is 6.22. The van der Waals surface area contributed by atoms with E-state index < -0.39 is 15.8 Å². The summed E-state index contributed by atoms with van der Waals surface area (Å²) in [5.74, 6) is 0.353. The van der Waals surface area contributed by atoms with Gasteiger partial charge in [-0.05, 0) is 54.9 Å². The fourth-order valence-corrected chi connectivity index (χ4v) is 6.00. The number of carboxylic acid groups (broad SMARTS) is 1. The van der Waals surface area contributed by atoms with Crippen molar-refractivity contribution in [2.75, 3.05) is 42.6 Å². The average Bonchev–Trinajstić information content (AvgIpc) is 3.64. The van der Waals surface area contributed by atoms with Crippen LogP contribution in [0.5, 0.6) is 0 Å². The number of ether oxygens (including phenoxy) is 1. The fourth-order valence-electron chi connectivity index (χ4n) is 6.00. The van der Waals surface area contributed by atoms with Gasteiger partial charge in [-0.1, -0.05) is 0 Å². The van der Waals surface area contributed by atoms with Gasteiger partial charge < -0.3 is 25.1 Å². The van der Waals surface area contributed by atoms with Crippen LogP contribution in [-0.4, -0.2) is 65.2 Å². The van der Waals surface area contributed by atoms with Crippen molar-refractivity contribution in [2.24, 2.45) is 35.5 Å². The van der Waals surface area contributed by atoms with Gasteiger partial charge in [0, 0.05) is 61.8 Å². The van der Waals surface area contributed by atoms with Crippen LogP contribution in [0.3, 0.4) is 0 Å². The molecule has 4 atom stereocenters. The summed E-state index contributed by atoms with van der Waals surface area (Å²) in [5.41, 5.74) is 2.08. The summed E-state index contributed by atoms with van der Waals surface area (Å²) in [6.07, 6.45) is 0. The normalized spacial score (nSPS) is 26.5. The molecule has 4 aliphatic rings. The molecule has 4 unspecified atom stereocenters. The van der Waals surface area contributed by atoms with Crippen molar-refractivity contribution in [2.45, 2.75) is 6.92 Å². The maximum atomic E-state index is 11.7. The Hall–Kier alpha value is -3.26. The Morgan fingerprint density at radius 3 is 1.45 bits per heavy atom. The Balaban J connectivity index is 0.000000211. The third-order valence-corrected chi connectivity index (χ3v) is 8.08. The van der Waals surface area contributed by atoms with E-state index in [1.807, 2.05) is 6.92 Å². The molecule has 0 bridgehead atoms. The maximum absolute atomic E-state index is 11.7. The molecule has 0 aromatic heterocycles. The van der Waals surface area contributed by atoms with Crippen LogP contribution >= 0.6 is 0 Å². The summed E-state index contributed by atoms with van der Waals surface area (Å²) in [7, 11) is 0. The number of hydrogen-bond acceptors (Lipinski definition) is 10. The van der Waals surface area contributed by atoms with Gasteiger partial charge in [-0.3, -0.25) is 29.8 Å². The molecule has 40 heavy (non-hydrogen) atoms. The number of benzene rings is 2. The number of carboxylic acids is 1. The van der Waals surface area contributed by atoms with Gasteiger partial charge in [-0.15, -0.1) is 0 Å². The van der Waals surface area contributed by atoms with Gasteiger partial charge in [0.2, 0.25) is 0 Å². The van der Waals surface area contributed by atoms with Crippen LogP contribution in [0.25, 0.3) is 0 Å². The minimum absolute atomic E-state index is 0. The minimum Gasteiger partial charge on any atom is -0.870 e. The van der Waals surface area contributed by atoms with Gasteiger partial charge in [0.15, 0.2) is 0 Å².